The number of hydrogen-bond acceptors (Lipinski definition) is 7. The van der Waals surface area contributed by atoms with Gasteiger partial charge in [0.05, 0.1) is 18.6 Å². The number of nitrogens with one attached hydrogen (secondary N) is 1. The van der Waals surface area contributed by atoms with Crippen LogP contribution in [-0.2, 0) is 9.53 Å². The molecule has 2 aliphatic rings. The maximum Gasteiger partial charge on any atom is 0.340 e. The molecule has 0 fully saturated rings. The first kappa shape index (κ1) is 16.1. The van der Waals surface area contributed by atoms with Crippen molar-refractivity contribution in [2.45, 2.75) is 12.8 Å². The van der Waals surface area contributed by atoms with Gasteiger partial charge in [-0.1, -0.05) is 6.07 Å². The third-order valence-corrected chi connectivity index (χ3v) is 4.37. The van der Waals surface area contributed by atoms with Gasteiger partial charge in [0.15, 0.2) is 11.5 Å². The number of carbonyl (C=O) groups excluding carboxylic acids is 1. The van der Waals surface area contributed by atoms with Crippen molar-refractivity contribution in [1.82, 2.24) is 4.98 Å². The molecular weight excluding hydrogens is 340 g/mol. The molecule has 1 atom stereocenters. The zero-order valence-electron chi connectivity index (χ0n) is 14.1. The molecule has 0 saturated carbocycles. The molecule has 0 spiro atoms. The molecule has 8 heteroatoms. The van der Waals surface area contributed by atoms with E-state index in [1.165, 1.54) is 7.11 Å². The number of nitrogens with two attached hydrogens (primary N) is 1. The zero-order chi connectivity index (χ0) is 18.4. The minimum Gasteiger partial charge on any atom is -0.465 e. The fourth-order valence-electron chi connectivity index (χ4n) is 3.24. The molecule has 0 bridgehead atoms. The average molecular weight is 356 g/mol. The highest BCUT2D eigenvalue weighted by atomic mass is 16.7. The van der Waals surface area contributed by atoms with Crippen molar-refractivity contribution < 1.29 is 23.7 Å². The number of pyridine rings is 1. The summed E-state index contributed by atoms with van der Waals surface area (Å²) >= 11 is 0. The largest absolute Gasteiger partial charge is 0.465 e. The topological polar surface area (TPSA) is 113 Å². The number of aryl methyl sites for hydroxylation is 1. The lowest BCUT2D eigenvalue weighted by molar-refractivity contribution is -0.136. The summed E-state index contributed by atoms with van der Waals surface area (Å²) in [5.74, 6) is -0.103. The lowest BCUT2D eigenvalue weighted by Crippen LogP contribution is -2.31. The van der Waals surface area contributed by atoms with Crippen molar-refractivity contribution in [3.05, 3.63) is 62.9 Å². The molecule has 4 rings (SSSR count). The standard InChI is InChI=1S/C18H16N2O6/c1-8-5-12-14(17(21)20-8)13(15(16(19)26-12)18(22)23-2)9-3-4-10-11(6-9)25-7-24-10/h3-6,13H,7,19H2,1-2H3,(H,20,21). The Hall–Kier alpha value is -3.42. The number of esters is 1. The van der Waals surface area contributed by atoms with E-state index in [9.17, 15) is 9.59 Å². The summed E-state index contributed by atoms with van der Waals surface area (Å²) in [4.78, 5) is 27.8. The van der Waals surface area contributed by atoms with Crippen molar-refractivity contribution in [3.8, 4) is 17.2 Å². The van der Waals surface area contributed by atoms with Crippen LogP contribution in [0.3, 0.4) is 0 Å². The second-order valence-corrected chi connectivity index (χ2v) is 5.98. The van der Waals surface area contributed by atoms with Crippen molar-refractivity contribution in [3.63, 3.8) is 0 Å². The van der Waals surface area contributed by atoms with Gasteiger partial charge in [0.2, 0.25) is 12.7 Å². The van der Waals surface area contributed by atoms with E-state index in [0.29, 0.717) is 28.5 Å². The van der Waals surface area contributed by atoms with Crippen LogP contribution in [0.4, 0.5) is 0 Å². The van der Waals surface area contributed by atoms with E-state index in [1.54, 1.807) is 31.2 Å². The molecule has 3 heterocycles. The van der Waals surface area contributed by atoms with Gasteiger partial charge in [-0.15, -0.1) is 0 Å². The number of rotatable bonds is 2. The first-order chi connectivity index (χ1) is 12.5. The summed E-state index contributed by atoms with van der Waals surface area (Å²) < 4.78 is 21.1. The van der Waals surface area contributed by atoms with Gasteiger partial charge in [-0.25, -0.2) is 4.79 Å². The number of fused-ring (bicyclic) bond motifs is 2. The van der Waals surface area contributed by atoms with Crippen LogP contribution in [0.15, 0.2) is 40.5 Å². The van der Waals surface area contributed by atoms with Crippen molar-refractivity contribution in [1.29, 1.82) is 0 Å². The van der Waals surface area contributed by atoms with Gasteiger partial charge in [-0.3, -0.25) is 4.79 Å². The molecule has 0 radical (unpaired) electrons. The number of aromatic nitrogens is 1. The van der Waals surface area contributed by atoms with Gasteiger partial charge in [0, 0.05) is 11.8 Å². The Kier molecular flexibility index (Phi) is 3.61. The molecule has 1 aromatic heterocycles. The lowest BCUT2D eigenvalue weighted by atomic mass is 9.83. The molecule has 134 valence electrons. The molecule has 0 saturated heterocycles. The number of benzene rings is 1. The molecule has 26 heavy (non-hydrogen) atoms. The highest BCUT2D eigenvalue weighted by molar-refractivity contribution is 5.92. The van der Waals surface area contributed by atoms with Crippen LogP contribution >= 0.6 is 0 Å². The third kappa shape index (κ3) is 2.38. The Morgan fingerprint density at radius 2 is 2.00 bits per heavy atom. The molecule has 2 aromatic rings. The van der Waals surface area contributed by atoms with Gasteiger partial charge in [0.1, 0.15) is 11.3 Å². The minimum absolute atomic E-state index is 0.0632. The van der Waals surface area contributed by atoms with E-state index in [2.05, 4.69) is 4.98 Å². The van der Waals surface area contributed by atoms with Crippen LogP contribution in [0.1, 0.15) is 22.7 Å². The summed E-state index contributed by atoms with van der Waals surface area (Å²) in [6.45, 7) is 1.85. The van der Waals surface area contributed by atoms with Crippen LogP contribution in [0.5, 0.6) is 17.2 Å². The van der Waals surface area contributed by atoms with Gasteiger partial charge in [0.25, 0.3) is 5.56 Å². The number of carbonyl (C=O) groups is 1. The maximum absolute atomic E-state index is 12.7. The fraction of sp³-hybridized carbons (Fsp3) is 0.222. The predicted molar refractivity (Wildman–Crippen MR) is 90.1 cm³/mol. The predicted octanol–water partition coefficient (Wildman–Crippen LogP) is 1.28. The monoisotopic (exact) mass is 356 g/mol. The Morgan fingerprint density at radius 3 is 2.77 bits per heavy atom. The molecular formula is C18H16N2O6. The summed E-state index contributed by atoms with van der Waals surface area (Å²) in [5.41, 5.74) is 7.23. The smallest absolute Gasteiger partial charge is 0.340 e. The number of hydrogen-bond donors (Lipinski definition) is 2. The highest BCUT2D eigenvalue weighted by Crippen LogP contribution is 2.43. The fourth-order valence-corrected chi connectivity index (χ4v) is 3.24. The van der Waals surface area contributed by atoms with Crippen molar-refractivity contribution in [2.24, 2.45) is 5.73 Å². The number of H-pyrrole nitrogens is 1. The lowest BCUT2D eigenvalue weighted by Gasteiger charge is -2.27. The third-order valence-electron chi connectivity index (χ3n) is 4.37. The second-order valence-electron chi connectivity index (χ2n) is 5.98. The van der Waals surface area contributed by atoms with Gasteiger partial charge in [-0.05, 0) is 24.6 Å². The number of aromatic amines is 1. The van der Waals surface area contributed by atoms with Gasteiger partial charge in [-0.2, -0.15) is 0 Å². The molecule has 8 nitrogen and oxygen atoms in total. The molecule has 2 aliphatic heterocycles. The summed E-state index contributed by atoms with van der Waals surface area (Å²) in [6.07, 6.45) is 0. The van der Waals surface area contributed by atoms with Crippen LogP contribution in [0.25, 0.3) is 0 Å². The summed E-state index contributed by atoms with van der Waals surface area (Å²) in [6, 6.07) is 6.86. The average Bonchev–Trinajstić information content (AvgIpc) is 3.07. The van der Waals surface area contributed by atoms with Crippen molar-refractivity contribution >= 4 is 5.97 Å². The van der Waals surface area contributed by atoms with E-state index in [-0.39, 0.29) is 29.4 Å². The molecule has 1 unspecified atom stereocenters. The Morgan fingerprint density at radius 1 is 1.23 bits per heavy atom. The molecule has 1 aromatic carbocycles. The molecule has 0 aliphatic carbocycles. The highest BCUT2D eigenvalue weighted by Gasteiger charge is 2.38. The minimum atomic E-state index is -0.759. The quantitative estimate of drug-likeness (QED) is 0.779. The number of ether oxygens (including phenoxy) is 4. The SMILES string of the molecule is COC(=O)C1=C(N)Oc2cc(C)[nH]c(=O)c2C1c1ccc2c(c1)OCO2. The summed E-state index contributed by atoms with van der Waals surface area (Å²) in [5, 5.41) is 0. The normalized spacial score (nSPS) is 17.5. The van der Waals surface area contributed by atoms with Gasteiger partial charge < -0.3 is 29.7 Å². The molecule has 0 amide bonds. The summed E-state index contributed by atoms with van der Waals surface area (Å²) in [7, 11) is 1.24. The first-order valence-electron chi connectivity index (χ1n) is 7.88. The van der Waals surface area contributed by atoms with E-state index in [1.807, 2.05) is 0 Å². The Balaban J connectivity index is 1.97. The second kappa shape index (κ2) is 5.83. The van der Waals surface area contributed by atoms with E-state index in [0.717, 1.165) is 0 Å². The van der Waals surface area contributed by atoms with E-state index >= 15 is 0 Å². The van der Waals surface area contributed by atoms with E-state index < -0.39 is 11.9 Å². The van der Waals surface area contributed by atoms with Crippen molar-refractivity contribution in [2.75, 3.05) is 13.9 Å². The Labute approximate surface area is 148 Å². The van der Waals surface area contributed by atoms with Crippen LogP contribution in [0.2, 0.25) is 0 Å². The Bertz CT molecular complexity index is 1010. The maximum atomic E-state index is 12.7. The van der Waals surface area contributed by atoms with Crippen LogP contribution in [0, 0.1) is 6.92 Å². The number of methoxy groups -OCH3 is 1. The van der Waals surface area contributed by atoms with Crippen LogP contribution in [-0.4, -0.2) is 24.9 Å². The first-order valence-corrected chi connectivity index (χ1v) is 7.88. The molecule has 3 N–H and O–H groups in total. The van der Waals surface area contributed by atoms with Gasteiger partial charge >= 0.3 is 5.97 Å². The zero-order valence-corrected chi connectivity index (χ0v) is 14.1. The van der Waals surface area contributed by atoms with Crippen LogP contribution < -0.4 is 25.5 Å². The van der Waals surface area contributed by atoms with E-state index in [4.69, 9.17) is 24.7 Å².